The predicted molar refractivity (Wildman–Crippen MR) is 101 cm³/mol. The molecule has 0 amide bonds. The van der Waals surface area contributed by atoms with Crippen molar-refractivity contribution in [2.75, 3.05) is 6.54 Å². The molecule has 0 aliphatic heterocycles. The molecule has 9 atom stereocenters. The van der Waals surface area contributed by atoms with Gasteiger partial charge in [-0.05, 0) is 92.3 Å². The van der Waals surface area contributed by atoms with E-state index in [4.69, 9.17) is 5.73 Å². The van der Waals surface area contributed by atoms with Gasteiger partial charge >= 0.3 is 0 Å². The van der Waals surface area contributed by atoms with Crippen LogP contribution in [0.25, 0.3) is 0 Å². The van der Waals surface area contributed by atoms with E-state index in [1.54, 1.807) is 0 Å². The first-order valence-electron chi connectivity index (χ1n) is 10.7. The fourth-order valence-corrected chi connectivity index (χ4v) is 8.33. The SMILES string of the molecule is CC12CCC(O)CC1CCC1(N)C2CCC2(C)C(C(O)CN=O)CCC21. The number of hydrogen-bond donors (Lipinski definition) is 3. The van der Waals surface area contributed by atoms with E-state index in [1.807, 2.05) is 0 Å². The van der Waals surface area contributed by atoms with Crippen LogP contribution in [0.2, 0.25) is 0 Å². The van der Waals surface area contributed by atoms with Gasteiger partial charge in [0.25, 0.3) is 0 Å². The molecular weight excluding hydrogens is 328 g/mol. The van der Waals surface area contributed by atoms with Gasteiger partial charge in [0.05, 0.1) is 12.2 Å². The van der Waals surface area contributed by atoms with Gasteiger partial charge in [-0.1, -0.05) is 19.0 Å². The van der Waals surface area contributed by atoms with Crippen molar-refractivity contribution in [2.24, 2.45) is 45.4 Å². The second-order valence-corrected chi connectivity index (χ2v) is 10.5. The normalized spacial score (nSPS) is 54.7. The van der Waals surface area contributed by atoms with E-state index in [-0.39, 0.29) is 34.9 Å². The summed E-state index contributed by atoms with van der Waals surface area (Å²) < 4.78 is 0. The average molecular weight is 365 g/mol. The standard InChI is InChI=1S/C21H36N2O3/c1-19-8-6-14(24)11-13(19)5-10-21(22)17-4-3-15(16(25)12-23-26)20(17,2)9-7-18(19)21/h13-18,24-25H,3-12,22H2,1-2H3. The van der Waals surface area contributed by atoms with Crippen LogP contribution in [0.5, 0.6) is 0 Å². The van der Waals surface area contributed by atoms with Crippen molar-refractivity contribution >= 4 is 0 Å². The lowest BCUT2D eigenvalue weighted by molar-refractivity contribution is -0.144. The van der Waals surface area contributed by atoms with Gasteiger partial charge in [-0.2, -0.15) is 4.91 Å². The molecule has 4 N–H and O–H groups in total. The van der Waals surface area contributed by atoms with Crippen molar-refractivity contribution in [2.45, 2.75) is 89.4 Å². The van der Waals surface area contributed by atoms with Crippen LogP contribution < -0.4 is 5.73 Å². The van der Waals surface area contributed by atoms with E-state index < -0.39 is 6.10 Å². The maximum atomic E-state index is 10.7. The van der Waals surface area contributed by atoms with Gasteiger partial charge in [0.1, 0.15) is 6.54 Å². The molecule has 0 heterocycles. The van der Waals surface area contributed by atoms with Gasteiger partial charge in [-0.25, -0.2) is 0 Å². The lowest BCUT2D eigenvalue weighted by atomic mass is 9.42. The lowest BCUT2D eigenvalue weighted by Crippen LogP contribution is -2.68. The van der Waals surface area contributed by atoms with Gasteiger partial charge < -0.3 is 15.9 Å². The van der Waals surface area contributed by atoms with E-state index >= 15 is 0 Å². The van der Waals surface area contributed by atoms with E-state index in [2.05, 4.69) is 19.0 Å². The minimum atomic E-state index is -0.626. The van der Waals surface area contributed by atoms with Crippen molar-refractivity contribution in [1.29, 1.82) is 0 Å². The summed E-state index contributed by atoms with van der Waals surface area (Å²) in [6.45, 7) is 4.76. The number of nitrogens with two attached hydrogens (primary N) is 1. The molecule has 0 spiro atoms. The molecule has 26 heavy (non-hydrogen) atoms. The molecule has 0 radical (unpaired) electrons. The summed E-state index contributed by atoms with van der Waals surface area (Å²) in [5, 5.41) is 23.7. The molecule has 0 aromatic carbocycles. The topological polar surface area (TPSA) is 95.9 Å². The van der Waals surface area contributed by atoms with Crippen molar-refractivity contribution < 1.29 is 10.2 Å². The van der Waals surface area contributed by atoms with Gasteiger partial charge in [-0.15, -0.1) is 0 Å². The van der Waals surface area contributed by atoms with Crippen LogP contribution in [-0.4, -0.2) is 34.5 Å². The largest absolute Gasteiger partial charge is 0.393 e. The van der Waals surface area contributed by atoms with E-state index in [9.17, 15) is 15.1 Å². The van der Waals surface area contributed by atoms with Crippen LogP contribution in [-0.2, 0) is 0 Å². The number of aliphatic hydroxyl groups excluding tert-OH is 2. The van der Waals surface area contributed by atoms with Crippen molar-refractivity contribution in [3.8, 4) is 0 Å². The molecule has 4 saturated carbocycles. The molecule has 4 aliphatic rings. The van der Waals surface area contributed by atoms with Crippen LogP contribution in [0.1, 0.15) is 71.6 Å². The first kappa shape index (κ1) is 18.8. The highest BCUT2D eigenvalue weighted by Crippen LogP contribution is 2.68. The molecular formula is C21H36N2O3. The highest BCUT2D eigenvalue weighted by Gasteiger charge is 2.66. The molecule has 148 valence electrons. The number of hydrogen-bond acceptors (Lipinski definition) is 5. The zero-order chi connectivity index (χ0) is 18.7. The summed E-state index contributed by atoms with van der Waals surface area (Å²) >= 11 is 0. The first-order chi connectivity index (χ1) is 12.3. The third-order valence-corrected chi connectivity index (χ3v) is 9.63. The molecule has 4 fully saturated rings. The molecule has 5 heteroatoms. The molecule has 9 unspecified atom stereocenters. The summed E-state index contributed by atoms with van der Waals surface area (Å²) in [5.41, 5.74) is 7.37. The number of aliphatic hydroxyl groups is 2. The van der Waals surface area contributed by atoms with Gasteiger partial charge in [0, 0.05) is 5.54 Å². The van der Waals surface area contributed by atoms with E-state index in [0.717, 1.165) is 57.8 Å². The number of rotatable bonds is 3. The van der Waals surface area contributed by atoms with Crippen molar-refractivity contribution in [3.63, 3.8) is 0 Å². The quantitative estimate of drug-likeness (QED) is 0.670. The zero-order valence-electron chi connectivity index (χ0n) is 16.4. The molecule has 0 saturated heterocycles. The second-order valence-electron chi connectivity index (χ2n) is 10.5. The number of fused-ring (bicyclic) bond motifs is 5. The molecule has 0 aromatic heterocycles. The Morgan fingerprint density at radius 3 is 2.46 bits per heavy atom. The molecule has 5 nitrogen and oxygen atoms in total. The number of nitroso groups, excluding NO2 is 1. The molecule has 4 aliphatic carbocycles. The van der Waals surface area contributed by atoms with Crippen LogP contribution in [0, 0.1) is 39.4 Å². The Morgan fingerprint density at radius 1 is 1.04 bits per heavy atom. The molecule has 0 bridgehead atoms. The monoisotopic (exact) mass is 364 g/mol. The van der Waals surface area contributed by atoms with Crippen LogP contribution >= 0.6 is 0 Å². The summed E-state index contributed by atoms with van der Waals surface area (Å²) in [4.78, 5) is 10.7. The zero-order valence-corrected chi connectivity index (χ0v) is 16.4. The maximum Gasteiger partial charge on any atom is 0.107 e. The van der Waals surface area contributed by atoms with Gasteiger partial charge in [-0.3, -0.25) is 0 Å². The third kappa shape index (κ3) is 2.46. The maximum absolute atomic E-state index is 10.7. The highest BCUT2D eigenvalue weighted by molar-refractivity contribution is 5.18. The molecule has 4 rings (SSSR count). The highest BCUT2D eigenvalue weighted by atomic mass is 16.3. The van der Waals surface area contributed by atoms with Gasteiger partial charge in [0.15, 0.2) is 0 Å². The fourth-order valence-electron chi connectivity index (χ4n) is 8.33. The van der Waals surface area contributed by atoms with E-state index in [1.165, 1.54) is 0 Å². The Labute approximate surface area is 157 Å². The average Bonchev–Trinajstić information content (AvgIpc) is 2.94. The summed E-state index contributed by atoms with van der Waals surface area (Å²) in [7, 11) is 0. The Morgan fingerprint density at radius 2 is 1.73 bits per heavy atom. The van der Waals surface area contributed by atoms with Gasteiger partial charge in [0.2, 0.25) is 0 Å². The summed E-state index contributed by atoms with van der Waals surface area (Å²) in [5.74, 6) is 1.67. The van der Waals surface area contributed by atoms with Crippen molar-refractivity contribution in [3.05, 3.63) is 4.91 Å². The Kier molecular flexibility index (Phi) is 4.52. The Balaban J connectivity index is 1.63. The van der Waals surface area contributed by atoms with Crippen LogP contribution in [0.15, 0.2) is 5.18 Å². The third-order valence-electron chi connectivity index (χ3n) is 9.63. The smallest absolute Gasteiger partial charge is 0.107 e. The number of nitrogens with zero attached hydrogens (tertiary/aromatic N) is 1. The minimum absolute atomic E-state index is 0.00561. The lowest BCUT2D eigenvalue weighted by Gasteiger charge is -2.65. The minimum Gasteiger partial charge on any atom is -0.393 e. The van der Waals surface area contributed by atoms with Crippen molar-refractivity contribution in [1.82, 2.24) is 0 Å². The Bertz CT molecular complexity index is 571. The first-order valence-corrected chi connectivity index (χ1v) is 10.7. The predicted octanol–water partition coefficient (Wildman–Crippen LogP) is 3.21. The Hall–Kier alpha value is -0.520. The van der Waals surface area contributed by atoms with E-state index in [0.29, 0.717) is 17.8 Å². The fraction of sp³-hybridized carbons (Fsp3) is 1.00. The molecule has 0 aromatic rings. The van der Waals surface area contributed by atoms with Crippen LogP contribution in [0.4, 0.5) is 0 Å². The summed E-state index contributed by atoms with van der Waals surface area (Å²) in [6, 6.07) is 0. The second kappa shape index (κ2) is 6.25. The van der Waals surface area contributed by atoms with Crippen LogP contribution in [0.3, 0.4) is 0 Å². The summed E-state index contributed by atoms with van der Waals surface area (Å²) in [6.07, 6.45) is 8.58.